The van der Waals surface area contributed by atoms with E-state index in [9.17, 15) is 0 Å². The van der Waals surface area contributed by atoms with E-state index in [1.54, 1.807) is 0 Å². The molecule has 1 aromatic rings. The molecule has 21 heavy (non-hydrogen) atoms. The van der Waals surface area contributed by atoms with Crippen molar-refractivity contribution in [1.82, 2.24) is 16.2 Å². The Morgan fingerprint density at radius 3 is 2.86 bits per heavy atom. The summed E-state index contributed by atoms with van der Waals surface area (Å²) in [6, 6.07) is 9.40. The fourth-order valence-corrected chi connectivity index (χ4v) is 3.36. The van der Waals surface area contributed by atoms with Crippen molar-refractivity contribution in [3.05, 3.63) is 29.8 Å². The summed E-state index contributed by atoms with van der Waals surface area (Å²) in [6.45, 7) is 6.66. The van der Waals surface area contributed by atoms with Gasteiger partial charge < -0.3 is 10.2 Å². The Labute approximate surface area is 134 Å². The molecular formula is C16H27ClN4. The number of nitrogens with one attached hydrogen (secondary N) is 3. The van der Waals surface area contributed by atoms with Gasteiger partial charge in [-0.15, -0.1) is 12.4 Å². The molecule has 0 aliphatic carbocycles. The molecule has 0 spiro atoms. The Morgan fingerprint density at radius 2 is 2.10 bits per heavy atom. The number of fused-ring (bicyclic) bond motifs is 1. The minimum absolute atomic E-state index is 0. The highest BCUT2D eigenvalue weighted by Gasteiger charge is 2.25. The topological polar surface area (TPSA) is 39.3 Å². The zero-order valence-electron chi connectivity index (χ0n) is 12.9. The average Bonchev–Trinajstić information content (AvgIpc) is 2.87. The lowest BCUT2D eigenvalue weighted by Gasteiger charge is -2.33. The molecule has 1 fully saturated rings. The molecule has 2 aliphatic heterocycles. The quantitative estimate of drug-likeness (QED) is 0.792. The molecule has 1 aromatic carbocycles. The first-order valence-electron chi connectivity index (χ1n) is 7.75. The van der Waals surface area contributed by atoms with E-state index >= 15 is 0 Å². The zero-order valence-corrected chi connectivity index (χ0v) is 13.7. The maximum absolute atomic E-state index is 3.68. The molecular weight excluding hydrogens is 284 g/mol. The Hall–Kier alpha value is -0.810. The van der Waals surface area contributed by atoms with Crippen LogP contribution in [-0.2, 0) is 0 Å². The third-order valence-electron chi connectivity index (χ3n) is 4.80. The Balaban J connectivity index is 0.00000161. The molecule has 1 saturated heterocycles. The van der Waals surface area contributed by atoms with Crippen LogP contribution in [0.25, 0.3) is 0 Å². The summed E-state index contributed by atoms with van der Waals surface area (Å²) in [5.74, 6) is 1.34. The fraction of sp³-hybridized carbons (Fsp3) is 0.625. The molecule has 3 N–H and O–H groups in total. The van der Waals surface area contributed by atoms with Gasteiger partial charge in [0.15, 0.2) is 0 Å². The molecule has 0 radical (unpaired) electrons. The van der Waals surface area contributed by atoms with Gasteiger partial charge in [0, 0.05) is 56.8 Å². The van der Waals surface area contributed by atoms with E-state index in [-0.39, 0.29) is 12.4 Å². The third kappa shape index (κ3) is 3.69. The van der Waals surface area contributed by atoms with Crippen LogP contribution in [0, 0.1) is 5.92 Å². The SMILES string of the molecule is CC1NNCC1CNCC1CCN(C)c2ccccc21.Cl. The van der Waals surface area contributed by atoms with Crippen LogP contribution >= 0.6 is 12.4 Å². The number of para-hydroxylation sites is 1. The molecule has 0 aromatic heterocycles. The standard InChI is InChI=1S/C16H26N4.ClH/c1-12-14(11-18-19-12)10-17-9-13-7-8-20(2)16-6-4-3-5-15(13)16;/h3-6,12-14,17-19H,7-11H2,1-2H3;1H. The normalized spacial score (nSPS) is 28.1. The van der Waals surface area contributed by atoms with E-state index in [2.05, 4.69) is 59.3 Å². The summed E-state index contributed by atoms with van der Waals surface area (Å²) >= 11 is 0. The number of nitrogens with zero attached hydrogens (tertiary/aromatic N) is 1. The smallest absolute Gasteiger partial charge is 0.0399 e. The third-order valence-corrected chi connectivity index (χ3v) is 4.80. The molecule has 3 atom stereocenters. The number of hydrazine groups is 1. The summed E-state index contributed by atoms with van der Waals surface area (Å²) in [5, 5.41) is 3.68. The lowest BCUT2D eigenvalue weighted by atomic mass is 9.90. The van der Waals surface area contributed by atoms with Gasteiger partial charge in [-0.2, -0.15) is 0 Å². The minimum atomic E-state index is 0. The number of halogens is 1. The molecule has 118 valence electrons. The first-order chi connectivity index (χ1) is 9.75. The van der Waals surface area contributed by atoms with E-state index in [1.807, 2.05) is 0 Å². The van der Waals surface area contributed by atoms with Gasteiger partial charge in [-0.05, 0) is 25.0 Å². The van der Waals surface area contributed by atoms with Gasteiger partial charge in [0.1, 0.15) is 0 Å². The van der Waals surface area contributed by atoms with E-state index < -0.39 is 0 Å². The van der Waals surface area contributed by atoms with Gasteiger partial charge >= 0.3 is 0 Å². The van der Waals surface area contributed by atoms with E-state index in [4.69, 9.17) is 0 Å². The Kier molecular flexibility index (Phi) is 5.88. The van der Waals surface area contributed by atoms with E-state index in [0.29, 0.717) is 17.9 Å². The number of rotatable bonds is 4. The monoisotopic (exact) mass is 310 g/mol. The molecule has 2 aliphatic rings. The summed E-state index contributed by atoms with van der Waals surface area (Å²) in [5.41, 5.74) is 9.43. The van der Waals surface area contributed by atoms with Crippen LogP contribution in [0.5, 0.6) is 0 Å². The average molecular weight is 311 g/mol. The van der Waals surface area contributed by atoms with Crippen molar-refractivity contribution in [1.29, 1.82) is 0 Å². The number of hydrogen-bond donors (Lipinski definition) is 3. The summed E-state index contributed by atoms with van der Waals surface area (Å²) < 4.78 is 0. The second-order valence-electron chi connectivity index (χ2n) is 6.20. The fourth-order valence-electron chi connectivity index (χ4n) is 3.36. The van der Waals surface area contributed by atoms with Gasteiger partial charge in [0.2, 0.25) is 0 Å². The summed E-state index contributed by atoms with van der Waals surface area (Å²) in [4.78, 5) is 2.37. The highest BCUT2D eigenvalue weighted by molar-refractivity contribution is 5.85. The number of anilines is 1. The van der Waals surface area contributed by atoms with E-state index in [0.717, 1.165) is 26.2 Å². The van der Waals surface area contributed by atoms with Crippen molar-refractivity contribution in [2.45, 2.75) is 25.3 Å². The lowest BCUT2D eigenvalue weighted by Crippen LogP contribution is -2.36. The van der Waals surface area contributed by atoms with Crippen LogP contribution in [-0.4, -0.2) is 39.3 Å². The van der Waals surface area contributed by atoms with Crippen molar-refractivity contribution in [2.75, 3.05) is 38.1 Å². The second-order valence-corrected chi connectivity index (χ2v) is 6.20. The minimum Gasteiger partial charge on any atom is -0.374 e. The molecule has 0 amide bonds. The number of benzene rings is 1. The number of hydrogen-bond acceptors (Lipinski definition) is 4. The molecule has 4 nitrogen and oxygen atoms in total. The summed E-state index contributed by atoms with van der Waals surface area (Å²) in [6.07, 6.45) is 1.25. The van der Waals surface area contributed by atoms with Crippen LogP contribution in [0.4, 0.5) is 5.69 Å². The zero-order chi connectivity index (χ0) is 13.9. The summed E-state index contributed by atoms with van der Waals surface area (Å²) in [7, 11) is 2.19. The van der Waals surface area contributed by atoms with Crippen LogP contribution in [0.2, 0.25) is 0 Å². The maximum atomic E-state index is 3.68. The highest BCUT2D eigenvalue weighted by Crippen LogP contribution is 2.33. The Bertz CT molecular complexity index is 454. The first-order valence-corrected chi connectivity index (χ1v) is 7.75. The highest BCUT2D eigenvalue weighted by atomic mass is 35.5. The Morgan fingerprint density at radius 1 is 1.29 bits per heavy atom. The lowest BCUT2D eigenvalue weighted by molar-refractivity contribution is 0.435. The molecule has 5 heteroatoms. The van der Waals surface area contributed by atoms with Crippen molar-refractivity contribution < 1.29 is 0 Å². The molecule has 2 heterocycles. The first kappa shape index (κ1) is 16.6. The van der Waals surface area contributed by atoms with Crippen molar-refractivity contribution in [3.8, 4) is 0 Å². The van der Waals surface area contributed by atoms with Gasteiger partial charge in [-0.3, -0.25) is 10.9 Å². The van der Waals surface area contributed by atoms with Gasteiger partial charge in [0.25, 0.3) is 0 Å². The second kappa shape index (κ2) is 7.45. The van der Waals surface area contributed by atoms with Crippen molar-refractivity contribution in [2.24, 2.45) is 5.92 Å². The van der Waals surface area contributed by atoms with Gasteiger partial charge in [-0.1, -0.05) is 18.2 Å². The van der Waals surface area contributed by atoms with Crippen LogP contribution in [0.1, 0.15) is 24.8 Å². The predicted molar refractivity (Wildman–Crippen MR) is 91.3 cm³/mol. The molecule has 3 unspecified atom stereocenters. The molecule has 0 bridgehead atoms. The molecule has 3 rings (SSSR count). The largest absolute Gasteiger partial charge is 0.374 e. The van der Waals surface area contributed by atoms with Crippen LogP contribution in [0.3, 0.4) is 0 Å². The van der Waals surface area contributed by atoms with E-state index in [1.165, 1.54) is 17.7 Å². The predicted octanol–water partition coefficient (Wildman–Crippen LogP) is 1.73. The molecule has 0 saturated carbocycles. The van der Waals surface area contributed by atoms with Crippen molar-refractivity contribution in [3.63, 3.8) is 0 Å². The van der Waals surface area contributed by atoms with Gasteiger partial charge in [0.05, 0.1) is 0 Å². The van der Waals surface area contributed by atoms with Crippen LogP contribution < -0.4 is 21.1 Å². The van der Waals surface area contributed by atoms with Gasteiger partial charge in [-0.25, -0.2) is 0 Å². The maximum Gasteiger partial charge on any atom is 0.0399 e. The van der Waals surface area contributed by atoms with Crippen molar-refractivity contribution >= 4 is 18.1 Å². The van der Waals surface area contributed by atoms with Crippen LogP contribution in [0.15, 0.2) is 24.3 Å².